The molecule has 0 fully saturated rings. The number of hydrogen-bond donors (Lipinski definition) is 2. The number of rotatable bonds is 10. The summed E-state index contributed by atoms with van der Waals surface area (Å²) in [6, 6.07) is 11.7. The van der Waals surface area contributed by atoms with Gasteiger partial charge in [-0.2, -0.15) is 4.98 Å². The number of halogens is 3. The highest BCUT2D eigenvalue weighted by Gasteiger charge is 2.12. The van der Waals surface area contributed by atoms with Gasteiger partial charge < -0.3 is 14.6 Å². The Morgan fingerprint density at radius 3 is 2.53 bits per heavy atom. The number of urea groups is 1. The molecule has 0 spiro atoms. The lowest BCUT2D eigenvalue weighted by Gasteiger charge is -2.11. The highest BCUT2D eigenvalue weighted by atomic mass is 35.5. The van der Waals surface area contributed by atoms with E-state index in [1.807, 2.05) is 0 Å². The van der Waals surface area contributed by atoms with E-state index < -0.39 is 23.6 Å². The first-order valence-electron chi connectivity index (χ1n) is 11.6. The van der Waals surface area contributed by atoms with Gasteiger partial charge in [-0.3, -0.25) is 15.1 Å². The average molecular weight is 542 g/mol. The third-order valence-corrected chi connectivity index (χ3v) is 5.42. The van der Waals surface area contributed by atoms with Crippen LogP contribution in [-0.4, -0.2) is 27.1 Å². The molecule has 2 aromatic heterocycles. The lowest BCUT2D eigenvalue weighted by molar-refractivity contribution is -0.119. The summed E-state index contributed by atoms with van der Waals surface area (Å²) < 4.78 is 38.0. The van der Waals surface area contributed by atoms with E-state index in [9.17, 15) is 18.4 Å². The number of carbonyl (C=O) groups excluding carboxylic acids is 2. The number of nitrogens with zero attached hydrogens (tertiary/aromatic N) is 3. The van der Waals surface area contributed by atoms with Gasteiger partial charge >= 0.3 is 11.4 Å². The summed E-state index contributed by atoms with van der Waals surface area (Å²) in [6.07, 6.45) is 4.37. The number of hydrogen-bond acceptors (Lipinski definition) is 7. The Morgan fingerprint density at radius 2 is 1.79 bits per heavy atom. The fourth-order valence-electron chi connectivity index (χ4n) is 3.49. The number of carbonyl (C=O) groups is 2. The molecule has 0 atom stereocenters. The third-order valence-electron chi connectivity index (χ3n) is 5.26. The first-order chi connectivity index (χ1) is 18.3. The highest BCUT2D eigenvalue weighted by molar-refractivity contribution is 6.27. The van der Waals surface area contributed by atoms with E-state index in [2.05, 4.69) is 25.8 Å². The van der Waals surface area contributed by atoms with Crippen LogP contribution >= 0.6 is 11.6 Å². The van der Waals surface area contributed by atoms with Gasteiger partial charge in [0.2, 0.25) is 5.91 Å². The molecule has 2 heterocycles. The zero-order chi connectivity index (χ0) is 26.9. The van der Waals surface area contributed by atoms with Gasteiger partial charge in [0.05, 0.1) is 6.42 Å². The molecule has 4 aromatic rings. The molecular formula is C26H22ClF2N5O4. The minimum Gasteiger partial charge on any atom is -0.454 e. The molecule has 0 saturated heterocycles. The molecular weight excluding hydrogens is 520 g/mol. The molecule has 0 saturated carbocycles. The molecule has 38 heavy (non-hydrogen) atoms. The van der Waals surface area contributed by atoms with Gasteiger partial charge in [0, 0.05) is 36.1 Å². The van der Waals surface area contributed by atoms with Gasteiger partial charge in [0.15, 0.2) is 17.4 Å². The number of anilines is 1. The molecule has 0 bridgehead atoms. The van der Waals surface area contributed by atoms with Crippen LogP contribution in [0.2, 0.25) is 5.35 Å². The van der Waals surface area contributed by atoms with E-state index in [0.29, 0.717) is 30.0 Å². The molecule has 196 valence electrons. The number of benzene rings is 2. The van der Waals surface area contributed by atoms with Crippen molar-refractivity contribution in [2.45, 2.75) is 32.1 Å². The first-order valence-corrected chi connectivity index (χ1v) is 12.0. The second-order valence-electron chi connectivity index (χ2n) is 8.21. The molecule has 2 N–H and O–H groups in total. The number of aryl methyl sites for hydroxylation is 2. The SMILES string of the molecule is O=C(Cc1ccc(F)cc1)NC(=O)Nc1ccc(Oc2ccnc(CCCCc3noc(Cl)n3)c2)c(F)c1. The average Bonchev–Trinajstić information content (AvgIpc) is 3.30. The van der Waals surface area contributed by atoms with Crippen LogP contribution in [0, 0.1) is 11.6 Å². The Labute approximate surface area is 221 Å². The normalized spacial score (nSPS) is 10.7. The predicted molar refractivity (Wildman–Crippen MR) is 134 cm³/mol. The minimum absolute atomic E-state index is 0.0134. The highest BCUT2D eigenvalue weighted by Crippen LogP contribution is 2.27. The molecule has 3 amide bonds. The van der Waals surface area contributed by atoms with Crippen molar-refractivity contribution < 1.29 is 27.6 Å². The summed E-state index contributed by atoms with van der Waals surface area (Å²) in [4.78, 5) is 32.4. The van der Waals surface area contributed by atoms with E-state index in [1.165, 1.54) is 36.4 Å². The summed E-state index contributed by atoms with van der Waals surface area (Å²) >= 11 is 5.61. The Kier molecular flexibility index (Phi) is 8.94. The van der Waals surface area contributed by atoms with E-state index in [-0.39, 0.29) is 23.2 Å². The second-order valence-corrected chi connectivity index (χ2v) is 8.53. The van der Waals surface area contributed by atoms with Crippen LogP contribution in [0.1, 0.15) is 29.9 Å². The number of pyridine rings is 1. The molecule has 0 unspecified atom stereocenters. The van der Waals surface area contributed by atoms with Crippen molar-refractivity contribution in [2.24, 2.45) is 0 Å². The van der Waals surface area contributed by atoms with Gasteiger partial charge in [-0.15, -0.1) is 0 Å². The molecule has 0 aliphatic heterocycles. The maximum Gasteiger partial charge on any atom is 0.325 e. The largest absolute Gasteiger partial charge is 0.454 e. The van der Waals surface area contributed by atoms with Crippen LogP contribution in [0.4, 0.5) is 19.3 Å². The van der Waals surface area contributed by atoms with Crippen LogP contribution in [-0.2, 0) is 24.1 Å². The number of aromatic nitrogens is 3. The number of nitrogens with one attached hydrogen (secondary N) is 2. The number of amides is 3. The summed E-state index contributed by atoms with van der Waals surface area (Å²) in [5.41, 5.74) is 1.44. The van der Waals surface area contributed by atoms with Crippen LogP contribution in [0.15, 0.2) is 65.3 Å². The topological polar surface area (TPSA) is 119 Å². The maximum absolute atomic E-state index is 14.6. The molecule has 4 rings (SSSR count). The van der Waals surface area contributed by atoms with Gasteiger partial charge in [0.25, 0.3) is 0 Å². The fraction of sp³-hybridized carbons (Fsp3) is 0.192. The van der Waals surface area contributed by atoms with Crippen molar-refractivity contribution in [3.05, 3.63) is 94.9 Å². The molecule has 0 aliphatic rings. The van der Waals surface area contributed by atoms with Crippen LogP contribution < -0.4 is 15.4 Å². The summed E-state index contributed by atoms with van der Waals surface area (Å²) in [7, 11) is 0. The Hall–Kier alpha value is -4.38. The second kappa shape index (κ2) is 12.7. The van der Waals surface area contributed by atoms with E-state index in [0.717, 1.165) is 24.6 Å². The van der Waals surface area contributed by atoms with Gasteiger partial charge in [-0.05, 0) is 66.8 Å². The monoisotopic (exact) mass is 541 g/mol. The Bertz CT molecular complexity index is 1420. The van der Waals surface area contributed by atoms with Crippen LogP contribution in [0.25, 0.3) is 0 Å². The maximum atomic E-state index is 14.6. The Morgan fingerprint density at radius 1 is 1.00 bits per heavy atom. The minimum atomic E-state index is -0.827. The van der Waals surface area contributed by atoms with Crippen molar-refractivity contribution >= 4 is 29.2 Å². The Balaban J connectivity index is 1.25. The molecule has 12 heteroatoms. The van der Waals surface area contributed by atoms with Crippen LogP contribution in [0.3, 0.4) is 0 Å². The molecule has 2 aromatic carbocycles. The lowest BCUT2D eigenvalue weighted by atomic mass is 10.1. The van der Waals surface area contributed by atoms with Crippen molar-refractivity contribution in [3.63, 3.8) is 0 Å². The van der Waals surface area contributed by atoms with E-state index >= 15 is 0 Å². The summed E-state index contributed by atoms with van der Waals surface area (Å²) in [6.45, 7) is 0. The smallest absolute Gasteiger partial charge is 0.325 e. The zero-order valence-corrected chi connectivity index (χ0v) is 20.7. The molecule has 0 aliphatic carbocycles. The lowest BCUT2D eigenvalue weighted by Crippen LogP contribution is -2.35. The number of unbranched alkanes of at least 4 members (excludes halogenated alkanes) is 1. The zero-order valence-electron chi connectivity index (χ0n) is 19.9. The summed E-state index contributed by atoms with van der Waals surface area (Å²) in [5, 5.41) is 8.29. The van der Waals surface area contributed by atoms with Gasteiger partial charge in [0.1, 0.15) is 11.6 Å². The van der Waals surface area contributed by atoms with Crippen molar-refractivity contribution in [3.8, 4) is 11.5 Å². The predicted octanol–water partition coefficient (Wildman–Crippen LogP) is 5.64. The number of ether oxygens (including phenoxy) is 1. The molecule has 0 radical (unpaired) electrons. The van der Waals surface area contributed by atoms with E-state index in [4.69, 9.17) is 20.9 Å². The molecule has 9 nitrogen and oxygen atoms in total. The van der Waals surface area contributed by atoms with Crippen molar-refractivity contribution in [1.29, 1.82) is 0 Å². The van der Waals surface area contributed by atoms with Crippen molar-refractivity contribution in [1.82, 2.24) is 20.4 Å². The first kappa shape index (κ1) is 26.7. The third kappa shape index (κ3) is 8.07. The standard InChI is InChI=1S/C26H22ClF2N5O4/c27-25-32-23(34-38-25)4-2-1-3-18-14-20(11-12-30-18)37-22-10-9-19(15-21(22)29)31-26(36)33-24(35)13-16-5-7-17(28)8-6-16/h5-12,14-15H,1-4,13H2,(H2,31,33,35,36). The van der Waals surface area contributed by atoms with Gasteiger partial charge in [-0.1, -0.05) is 17.3 Å². The van der Waals surface area contributed by atoms with Crippen LogP contribution in [0.5, 0.6) is 11.5 Å². The quantitative estimate of drug-likeness (QED) is 0.249. The summed E-state index contributed by atoms with van der Waals surface area (Å²) in [5.74, 6) is -0.828. The number of imide groups is 1. The van der Waals surface area contributed by atoms with Crippen molar-refractivity contribution in [2.75, 3.05) is 5.32 Å². The van der Waals surface area contributed by atoms with E-state index in [1.54, 1.807) is 18.3 Å². The fourth-order valence-corrected chi connectivity index (χ4v) is 3.62. The van der Waals surface area contributed by atoms with Gasteiger partial charge in [-0.25, -0.2) is 13.6 Å².